The molecule has 10 unspecified atom stereocenters. The number of allylic oxidation sites excluding steroid dienone is 2. The van der Waals surface area contributed by atoms with E-state index in [1.165, 1.54) is 5.57 Å². The Bertz CT molecular complexity index is 975. The summed E-state index contributed by atoms with van der Waals surface area (Å²) in [6, 6.07) is 0. The van der Waals surface area contributed by atoms with Crippen molar-refractivity contribution in [3.8, 4) is 0 Å². The van der Waals surface area contributed by atoms with Gasteiger partial charge in [-0.15, -0.1) is 0 Å². The second kappa shape index (κ2) is 7.77. The van der Waals surface area contributed by atoms with Gasteiger partial charge in [0.15, 0.2) is 5.78 Å². The summed E-state index contributed by atoms with van der Waals surface area (Å²) in [5.41, 5.74) is 2.00. The van der Waals surface area contributed by atoms with Crippen molar-refractivity contribution in [1.82, 2.24) is 0 Å². The van der Waals surface area contributed by atoms with Crippen molar-refractivity contribution in [2.24, 2.45) is 39.9 Å². The minimum Gasteiger partial charge on any atom is -0.454 e. The van der Waals surface area contributed by atoms with Gasteiger partial charge in [-0.1, -0.05) is 39.3 Å². The summed E-state index contributed by atoms with van der Waals surface area (Å²) in [4.78, 5) is 26.9. The molecule has 0 amide bonds. The Labute approximate surface area is 204 Å². The Morgan fingerprint density at radius 1 is 1.12 bits per heavy atom. The highest BCUT2D eigenvalue weighted by atomic mass is 16.5. The standard InChI is InChI=1S/C29H42O5/c1-15(2)8-7-9-17-22-18-10-11-21-27(4)13-12-19(30)16(3)23(27)24(31)25(32)29(21,6)28(18,5)14-20(22)34-26(17)33/h8,16,18-21,23-24,30-31H,7,9-14H2,1-6H3. The molecule has 0 bridgehead atoms. The number of aliphatic hydroxyl groups excluding tert-OH is 2. The molecule has 188 valence electrons. The van der Waals surface area contributed by atoms with E-state index >= 15 is 0 Å². The molecule has 34 heavy (non-hydrogen) atoms. The van der Waals surface area contributed by atoms with Crippen LogP contribution in [0.3, 0.4) is 0 Å². The van der Waals surface area contributed by atoms with Crippen LogP contribution in [0.2, 0.25) is 0 Å². The molecular weight excluding hydrogens is 428 g/mol. The lowest BCUT2D eigenvalue weighted by molar-refractivity contribution is -0.222. The van der Waals surface area contributed by atoms with E-state index in [1.807, 2.05) is 6.92 Å². The van der Waals surface area contributed by atoms with Crippen LogP contribution in [0.1, 0.15) is 86.5 Å². The molecule has 1 aliphatic heterocycles. The highest BCUT2D eigenvalue weighted by molar-refractivity contribution is 5.94. The number of fused-ring (bicyclic) bond motifs is 7. The summed E-state index contributed by atoms with van der Waals surface area (Å²) in [5.74, 6) is -0.239. The number of rotatable bonds is 3. The zero-order chi connectivity index (χ0) is 24.8. The summed E-state index contributed by atoms with van der Waals surface area (Å²) >= 11 is 0. The first-order chi connectivity index (χ1) is 15.9. The summed E-state index contributed by atoms with van der Waals surface area (Å²) in [6.45, 7) is 12.7. The van der Waals surface area contributed by atoms with E-state index in [0.29, 0.717) is 12.8 Å². The van der Waals surface area contributed by atoms with Crippen LogP contribution in [0.4, 0.5) is 0 Å². The number of hydrogen-bond acceptors (Lipinski definition) is 5. The fraction of sp³-hybridized carbons (Fsp3) is 0.793. The normalized spacial score (nSPS) is 49.7. The van der Waals surface area contributed by atoms with Gasteiger partial charge in [-0.3, -0.25) is 4.79 Å². The molecule has 10 atom stereocenters. The molecule has 4 saturated carbocycles. The lowest BCUT2D eigenvalue weighted by Crippen LogP contribution is -2.70. The Balaban J connectivity index is 1.57. The number of ether oxygens (including phenoxy) is 1. The van der Waals surface area contributed by atoms with Crippen LogP contribution in [0, 0.1) is 39.9 Å². The topological polar surface area (TPSA) is 83.8 Å². The third-order valence-corrected chi connectivity index (χ3v) is 11.3. The molecule has 0 aromatic rings. The van der Waals surface area contributed by atoms with Crippen molar-refractivity contribution >= 4 is 11.8 Å². The van der Waals surface area contributed by atoms with Gasteiger partial charge in [-0.2, -0.15) is 0 Å². The maximum Gasteiger partial charge on any atom is 0.334 e. The molecule has 0 radical (unpaired) electrons. The van der Waals surface area contributed by atoms with Crippen LogP contribution in [0.15, 0.2) is 22.8 Å². The smallest absolute Gasteiger partial charge is 0.334 e. The molecule has 5 heteroatoms. The molecule has 0 spiro atoms. The lowest BCUT2D eigenvalue weighted by atomic mass is 9.36. The van der Waals surface area contributed by atoms with Gasteiger partial charge >= 0.3 is 5.97 Å². The predicted octanol–water partition coefficient (Wildman–Crippen LogP) is 4.75. The molecule has 5 nitrogen and oxygen atoms in total. The number of ketones is 1. The molecule has 5 rings (SSSR count). The van der Waals surface area contributed by atoms with E-state index in [-0.39, 0.29) is 52.4 Å². The lowest BCUT2D eigenvalue weighted by Gasteiger charge is -2.67. The van der Waals surface area contributed by atoms with Crippen molar-refractivity contribution in [3.63, 3.8) is 0 Å². The van der Waals surface area contributed by atoms with Crippen molar-refractivity contribution in [2.75, 3.05) is 0 Å². The number of esters is 1. The molecule has 0 aromatic carbocycles. The highest BCUT2D eigenvalue weighted by Crippen LogP contribution is 2.73. The molecule has 0 saturated heterocycles. The first-order valence-electron chi connectivity index (χ1n) is 13.4. The average Bonchev–Trinajstić information content (AvgIpc) is 3.21. The SMILES string of the molecule is CC(C)=CCCC1=C2C(CC3(C)C2CCC2C4(C)CCC(O)C(C)C4C(O)C(=O)C23C)OC1=O. The van der Waals surface area contributed by atoms with Crippen LogP contribution in [0.25, 0.3) is 0 Å². The van der Waals surface area contributed by atoms with Crippen LogP contribution in [-0.4, -0.2) is 40.3 Å². The maximum atomic E-state index is 14.1. The van der Waals surface area contributed by atoms with Gasteiger partial charge in [0, 0.05) is 16.9 Å². The summed E-state index contributed by atoms with van der Waals surface area (Å²) in [6.07, 6.45) is 6.02. The highest BCUT2D eigenvalue weighted by Gasteiger charge is 2.74. The molecule has 0 aromatic heterocycles. The van der Waals surface area contributed by atoms with Gasteiger partial charge in [0.25, 0.3) is 0 Å². The fourth-order valence-electron chi connectivity index (χ4n) is 9.55. The van der Waals surface area contributed by atoms with Crippen molar-refractivity contribution in [3.05, 3.63) is 22.8 Å². The molecule has 4 aliphatic carbocycles. The van der Waals surface area contributed by atoms with Crippen LogP contribution >= 0.6 is 0 Å². The van der Waals surface area contributed by atoms with E-state index in [2.05, 4.69) is 40.7 Å². The molecule has 2 N–H and O–H groups in total. The minimum absolute atomic E-state index is 0.0499. The van der Waals surface area contributed by atoms with E-state index in [4.69, 9.17) is 4.74 Å². The van der Waals surface area contributed by atoms with Crippen molar-refractivity contribution in [1.29, 1.82) is 0 Å². The Morgan fingerprint density at radius 2 is 1.82 bits per heavy atom. The summed E-state index contributed by atoms with van der Waals surface area (Å²) in [5, 5.41) is 22.0. The van der Waals surface area contributed by atoms with Crippen LogP contribution in [-0.2, 0) is 14.3 Å². The quantitative estimate of drug-likeness (QED) is 0.459. The van der Waals surface area contributed by atoms with Gasteiger partial charge in [0.05, 0.1) is 6.10 Å². The van der Waals surface area contributed by atoms with Gasteiger partial charge in [0.1, 0.15) is 12.2 Å². The average molecular weight is 471 g/mol. The number of Topliss-reactive ketones (excluding diaryl/α,β-unsaturated/α-hetero) is 1. The largest absolute Gasteiger partial charge is 0.454 e. The van der Waals surface area contributed by atoms with Crippen molar-refractivity contribution < 1.29 is 24.5 Å². The molecular formula is C29H42O5. The van der Waals surface area contributed by atoms with Gasteiger partial charge in [0.2, 0.25) is 0 Å². The third-order valence-electron chi connectivity index (χ3n) is 11.3. The fourth-order valence-corrected chi connectivity index (χ4v) is 9.55. The summed E-state index contributed by atoms with van der Waals surface area (Å²) < 4.78 is 5.92. The second-order valence-electron chi connectivity index (χ2n) is 13.0. The number of carbonyl (C=O) groups is 2. The molecule has 4 fully saturated rings. The number of hydrogen-bond donors (Lipinski definition) is 2. The zero-order valence-corrected chi connectivity index (χ0v) is 21.7. The van der Waals surface area contributed by atoms with Crippen LogP contribution in [0.5, 0.6) is 0 Å². The van der Waals surface area contributed by atoms with E-state index < -0.39 is 17.6 Å². The third kappa shape index (κ3) is 2.92. The first-order valence-corrected chi connectivity index (χ1v) is 13.4. The second-order valence-corrected chi connectivity index (χ2v) is 13.0. The Kier molecular flexibility index (Phi) is 5.54. The molecule has 1 heterocycles. The number of carbonyl (C=O) groups excluding carboxylic acids is 2. The van der Waals surface area contributed by atoms with Crippen molar-refractivity contribution in [2.45, 2.75) is 105 Å². The van der Waals surface area contributed by atoms with E-state index in [0.717, 1.165) is 43.3 Å². The Hall–Kier alpha value is -1.46. The Morgan fingerprint density at radius 3 is 2.50 bits per heavy atom. The van der Waals surface area contributed by atoms with Gasteiger partial charge < -0.3 is 14.9 Å². The minimum atomic E-state index is -1.05. The first kappa shape index (κ1) is 24.2. The predicted molar refractivity (Wildman–Crippen MR) is 130 cm³/mol. The molecule has 5 aliphatic rings. The van der Waals surface area contributed by atoms with Gasteiger partial charge in [-0.25, -0.2) is 4.79 Å². The zero-order valence-electron chi connectivity index (χ0n) is 21.7. The monoisotopic (exact) mass is 470 g/mol. The van der Waals surface area contributed by atoms with Gasteiger partial charge in [-0.05, 0) is 93.0 Å². The van der Waals surface area contributed by atoms with Crippen LogP contribution < -0.4 is 0 Å². The number of aliphatic hydroxyl groups is 2. The maximum absolute atomic E-state index is 14.1. The van der Waals surface area contributed by atoms with E-state index in [9.17, 15) is 19.8 Å². The summed E-state index contributed by atoms with van der Waals surface area (Å²) in [7, 11) is 0. The van der Waals surface area contributed by atoms with E-state index in [1.54, 1.807) is 0 Å².